The summed E-state index contributed by atoms with van der Waals surface area (Å²) >= 11 is 1.64. The van der Waals surface area contributed by atoms with E-state index in [-0.39, 0.29) is 10.8 Å². The minimum atomic E-state index is 0.0902. The van der Waals surface area contributed by atoms with E-state index in [1.165, 1.54) is 42.4 Å². The van der Waals surface area contributed by atoms with E-state index in [1.54, 1.807) is 11.3 Å². The van der Waals surface area contributed by atoms with Crippen molar-refractivity contribution in [3.05, 3.63) is 35.2 Å². The largest absolute Gasteiger partial charge is 0.296 e. The number of likely N-dealkylation sites (tertiary alicyclic amines) is 1. The molecule has 30 heavy (non-hydrogen) atoms. The molecule has 0 N–H and O–H groups in total. The minimum absolute atomic E-state index is 0.0902. The van der Waals surface area contributed by atoms with Crippen molar-refractivity contribution in [1.82, 2.24) is 24.7 Å². The molecule has 3 heterocycles. The van der Waals surface area contributed by atoms with E-state index in [1.807, 2.05) is 4.52 Å². The standard InChI is InChI=1S/C24H35N5S/c1-23(2,3)18-13-17(14-19(15-18)24(4,5)6)21-27-29-20(25-26-22(29)30-21)16-28-11-9-7-8-10-12-28/h13-15H,7-12,16H2,1-6H3. The summed E-state index contributed by atoms with van der Waals surface area (Å²) < 4.78 is 1.96. The Bertz CT molecular complexity index is 978. The molecule has 4 rings (SSSR count). The van der Waals surface area contributed by atoms with Crippen LogP contribution in [-0.4, -0.2) is 37.8 Å². The third-order valence-electron chi connectivity index (χ3n) is 6.03. The van der Waals surface area contributed by atoms with Crippen molar-refractivity contribution >= 4 is 16.3 Å². The summed E-state index contributed by atoms with van der Waals surface area (Å²) in [5.74, 6) is 0.956. The number of benzene rings is 1. The van der Waals surface area contributed by atoms with Crippen LogP contribution in [-0.2, 0) is 17.4 Å². The SMILES string of the molecule is CC(C)(C)c1cc(-c2nn3c(CN4CCCCCC4)nnc3s2)cc(C(C)(C)C)c1. The predicted molar refractivity (Wildman–Crippen MR) is 125 cm³/mol. The third kappa shape index (κ3) is 4.59. The summed E-state index contributed by atoms with van der Waals surface area (Å²) in [5, 5.41) is 14.9. The van der Waals surface area contributed by atoms with Crippen LogP contribution in [0.2, 0.25) is 0 Å². The lowest BCUT2D eigenvalue weighted by Crippen LogP contribution is -2.25. The number of rotatable bonds is 3. The summed E-state index contributed by atoms with van der Waals surface area (Å²) in [6, 6.07) is 6.96. The van der Waals surface area contributed by atoms with Crippen LogP contribution in [0.1, 0.15) is 84.2 Å². The maximum absolute atomic E-state index is 4.96. The lowest BCUT2D eigenvalue weighted by Gasteiger charge is -2.25. The molecule has 0 saturated carbocycles. The lowest BCUT2D eigenvalue weighted by molar-refractivity contribution is 0.268. The molecule has 1 fully saturated rings. The van der Waals surface area contributed by atoms with Crippen molar-refractivity contribution in [3.63, 3.8) is 0 Å². The summed E-state index contributed by atoms with van der Waals surface area (Å²) in [7, 11) is 0. The average Bonchev–Trinajstić information content (AvgIpc) is 3.14. The van der Waals surface area contributed by atoms with Gasteiger partial charge in [0.15, 0.2) is 5.82 Å². The van der Waals surface area contributed by atoms with Gasteiger partial charge >= 0.3 is 0 Å². The molecule has 0 amide bonds. The molecule has 5 nitrogen and oxygen atoms in total. The number of fused-ring (bicyclic) bond motifs is 1. The number of nitrogens with zero attached hydrogens (tertiary/aromatic N) is 5. The zero-order valence-corrected chi connectivity index (χ0v) is 20.1. The Labute approximate surface area is 184 Å². The number of hydrogen-bond donors (Lipinski definition) is 0. The molecule has 0 radical (unpaired) electrons. The van der Waals surface area contributed by atoms with Crippen molar-refractivity contribution in [2.75, 3.05) is 13.1 Å². The van der Waals surface area contributed by atoms with Gasteiger partial charge in [0.2, 0.25) is 4.96 Å². The van der Waals surface area contributed by atoms with Crippen LogP contribution in [0.5, 0.6) is 0 Å². The molecule has 6 heteroatoms. The molecule has 1 aliphatic heterocycles. The molecular formula is C24H35N5S. The van der Waals surface area contributed by atoms with Crippen LogP contribution in [0, 0.1) is 0 Å². The highest BCUT2D eigenvalue weighted by molar-refractivity contribution is 7.19. The van der Waals surface area contributed by atoms with Crippen LogP contribution < -0.4 is 0 Å². The Morgan fingerprint density at radius 3 is 2.00 bits per heavy atom. The van der Waals surface area contributed by atoms with Gasteiger partial charge in [-0.25, -0.2) is 0 Å². The topological polar surface area (TPSA) is 46.3 Å². The Hall–Kier alpha value is -1.79. The molecule has 1 saturated heterocycles. The second-order valence-corrected chi connectivity index (χ2v) is 11.7. The Kier molecular flexibility index (Phi) is 5.75. The molecule has 162 valence electrons. The maximum Gasteiger partial charge on any atom is 0.235 e. The van der Waals surface area contributed by atoms with E-state index in [2.05, 4.69) is 74.8 Å². The van der Waals surface area contributed by atoms with Gasteiger partial charge in [0.1, 0.15) is 5.01 Å². The van der Waals surface area contributed by atoms with Gasteiger partial charge in [-0.15, -0.1) is 10.2 Å². The van der Waals surface area contributed by atoms with E-state index >= 15 is 0 Å². The normalized spacial score (nSPS) is 16.9. The molecular weight excluding hydrogens is 390 g/mol. The highest BCUT2D eigenvalue weighted by Gasteiger charge is 2.23. The Morgan fingerprint density at radius 2 is 1.43 bits per heavy atom. The highest BCUT2D eigenvalue weighted by Crippen LogP contribution is 2.35. The molecule has 3 aromatic rings. The fourth-order valence-corrected chi connectivity index (χ4v) is 4.83. The van der Waals surface area contributed by atoms with Crippen LogP contribution in [0.25, 0.3) is 15.5 Å². The van der Waals surface area contributed by atoms with Gasteiger partial charge in [0.25, 0.3) is 0 Å². The fraction of sp³-hybridized carbons (Fsp3) is 0.625. The molecule has 2 aromatic heterocycles. The van der Waals surface area contributed by atoms with Gasteiger partial charge in [-0.3, -0.25) is 4.90 Å². The first-order valence-corrected chi connectivity index (χ1v) is 12.0. The minimum Gasteiger partial charge on any atom is -0.296 e. The van der Waals surface area contributed by atoms with Gasteiger partial charge in [0.05, 0.1) is 6.54 Å². The molecule has 1 aromatic carbocycles. The molecule has 0 aliphatic carbocycles. The summed E-state index contributed by atoms with van der Waals surface area (Å²) in [4.78, 5) is 3.38. The summed E-state index contributed by atoms with van der Waals surface area (Å²) in [6.45, 7) is 16.8. The van der Waals surface area contributed by atoms with Gasteiger partial charge in [-0.2, -0.15) is 9.61 Å². The van der Waals surface area contributed by atoms with Gasteiger partial charge < -0.3 is 0 Å². The second-order valence-electron chi connectivity index (χ2n) is 10.7. The van der Waals surface area contributed by atoms with Crippen LogP contribution in [0.4, 0.5) is 0 Å². The van der Waals surface area contributed by atoms with Crippen molar-refractivity contribution < 1.29 is 0 Å². The van der Waals surface area contributed by atoms with Gasteiger partial charge in [0, 0.05) is 5.56 Å². The first kappa shape index (κ1) is 21.4. The summed E-state index contributed by atoms with van der Waals surface area (Å²) in [5.41, 5.74) is 4.06. The van der Waals surface area contributed by atoms with Crippen LogP contribution in [0.15, 0.2) is 18.2 Å². The monoisotopic (exact) mass is 425 g/mol. The van der Waals surface area contributed by atoms with E-state index < -0.39 is 0 Å². The van der Waals surface area contributed by atoms with Crippen molar-refractivity contribution in [1.29, 1.82) is 0 Å². The van der Waals surface area contributed by atoms with Crippen LogP contribution >= 0.6 is 11.3 Å². The lowest BCUT2D eigenvalue weighted by atomic mass is 9.79. The van der Waals surface area contributed by atoms with Gasteiger partial charge in [-0.1, -0.05) is 71.8 Å². The number of hydrogen-bond acceptors (Lipinski definition) is 5. The predicted octanol–water partition coefficient (Wildman–Crippen LogP) is 5.82. The van der Waals surface area contributed by atoms with E-state index in [0.717, 1.165) is 35.4 Å². The van der Waals surface area contributed by atoms with Crippen LogP contribution in [0.3, 0.4) is 0 Å². The zero-order chi connectivity index (χ0) is 21.5. The third-order valence-corrected chi connectivity index (χ3v) is 6.98. The van der Waals surface area contributed by atoms with E-state index in [4.69, 9.17) is 5.10 Å². The highest BCUT2D eigenvalue weighted by atomic mass is 32.1. The van der Waals surface area contributed by atoms with E-state index in [0.29, 0.717) is 0 Å². The maximum atomic E-state index is 4.96. The molecule has 0 atom stereocenters. The first-order valence-electron chi connectivity index (χ1n) is 11.2. The number of aromatic nitrogens is 4. The second kappa shape index (κ2) is 8.04. The Morgan fingerprint density at radius 1 is 0.833 bits per heavy atom. The van der Waals surface area contributed by atoms with Crippen molar-refractivity contribution in [2.24, 2.45) is 0 Å². The molecule has 0 spiro atoms. The molecule has 1 aliphatic rings. The van der Waals surface area contributed by atoms with Gasteiger partial charge in [-0.05, 0) is 60.0 Å². The zero-order valence-electron chi connectivity index (χ0n) is 19.3. The average molecular weight is 426 g/mol. The summed E-state index contributed by atoms with van der Waals surface area (Å²) in [6.07, 6.45) is 5.23. The van der Waals surface area contributed by atoms with Crippen molar-refractivity contribution in [3.8, 4) is 10.6 Å². The molecule has 0 unspecified atom stereocenters. The smallest absolute Gasteiger partial charge is 0.235 e. The fourth-order valence-electron chi connectivity index (χ4n) is 3.98. The van der Waals surface area contributed by atoms with Crippen molar-refractivity contribution in [2.45, 2.75) is 84.6 Å². The first-order chi connectivity index (χ1) is 14.1. The quantitative estimate of drug-likeness (QED) is 0.530. The Balaban J connectivity index is 1.70. The van der Waals surface area contributed by atoms with E-state index in [9.17, 15) is 0 Å². The molecule has 0 bridgehead atoms.